The van der Waals surface area contributed by atoms with E-state index in [2.05, 4.69) is 22.2 Å². The number of aromatic nitrogens is 2. The topological polar surface area (TPSA) is 37.8 Å². The highest BCUT2D eigenvalue weighted by Gasteiger charge is 2.28. The van der Waals surface area contributed by atoms with Crippen LogP contribution in [0, 0.1) is 5.41 Å². The Morgan fingerprint density at radius 2 is 2.06 bits per heavy atom. The summed E-state index contributed by atoms with van der Waals surface area (Å²) < 4.78 is 0. The minimum absolute atomic E-state index is 0.420. The van der Waals surface area contributed by atoms with Crippen LogP contribution in [0.25, 0.3) is 0 Å². The maximum absolute atomic E-state index is 5.97. The lowest BCUT2D eigenvalue weighted by atomic mass is 9.89. The third kappa shape index (κ3) is 3.32. The van der Waals surface area contributed by atoms with E-state index in [0.717, 1.165) is 24.6 Å². The molecule has 1 fully saturated rings. The Hall–Kier alpha value is -0.830. The fourth-order valence-electron chi connectivity index (χ4n) is 2.42. The monoisotopic (exact) mass is 253 g/mol. The molecule has 1 aliphatic rings. The van der Waals surface area contributed by atoms with Gasteiger partial charge in [0, 0.05) is 19.0 Å². The summed E-state index contributed by atoms with van der Waals surface area (Å²) in [6.07, 6.45) is 6.12. The van der Waals surface area contributed by atoms with E-state index in [9.17, 15) is 0 Å². The molecule has 1 saturated carbocycles. The molecule has 1 heterocycles. The van der Waals surface area contributed by atoms with Crippen molar-refractivity contribution in [2.24, 2.45) is 5.41 Å². The van der Waals surface area contributed by atoms with E-state index in [1.807, 2.05) is 6.92 Å². The smallest absolute Gasteiger partial charge is 0.134 e. The summed E-state index contributed by atoms with van der Waals surface area (Å²) in [5.74, 6) is 1.66. The average molecular weight is 254 g/mol. The Morgan fingerprint density at radius 3 is 2.71 bits per heavy atom. The SMILES string of the molecule is CCc1nc(Cl)cc(NCC2(C)CCCC2)n1. The molecule has 0 unspecified atom stereocenters. The molecule has 4 heteroatoms. The summed E-state index contributed by atoms with van der Waals surface area (Å²) in [6, 6.07) is 1.80. The molecule has 1 N–H and O–H groups in total. The number of hydrogen-bond acceptors (Lipinski definition) is 3. The molecular weight excluding hydrogens is 234 g/mol. The number of rotatable bonds is 4. The van der Waals surface area contributed by atoms with Crippen molar-refractivity contribution in [1.29, 1.82) is 0 Å². The number of aryl methyl sites for hydroxylation is 1. The highest BCUT2D eigenvalue weighted by atomic mass is 35.5. The van der Waals surface area contributed by atoms with Gasteiger partial charge in [-0.3, -0.25) is 0 Å². The van der Waals surface area contributed by atoms with Crippen LogP contribution < -0.4 is 5.32 Å². The van der Waals surface area contributed by atoms with Gasteiger partial charge < -0.3 is 5.32 Å². The molecule has 1 aromatic heterocycles. The molecule has 0 atom stereocenters. The van der Waals surface area contributed by atoms with Gasteiger partial charge in [-0.05, 0) is 18.3 Å². The lowest BCUT2D eigenvalue weighted by molar-refractivity contribution is 0.361. The minimum atomic E-state index is 0.420. The molecule has 17 heavy (non-hydrogen) atoms. The van der Waals surface area contributed by atoms with Gasteiger partial charge in [-0.25, -0.2) is 9.97 Å². The van der Waals surface area contributed by atoms with Gasteiger partial charge in [0.1, 0.15) is 16.8 Å². The molecule has 0 radical (unpaired) electrons. The predicted molar refractivity (Wildman–Crippen MR) is 71.5 cm³/mol. The van der Waals surface area contributed by atoms with E-state index in [-0.39, 0.29) is 0 Å². The fourth-order valence-corrected chi connectivity index (χ4v) is 2.62. The summed E-state index contributed by atoms with van der Waals surface area (Å²) in [6.45, 7) is 5.35. The quantitative estimate of drug-likeness (QED) is 0.832. The molecule has 0 spiro atoms. The van der Waals surface area contributed by atoms with Gasteiger partial charge in [0.2, 0.25) is 0 Å². The van der Waals surface area contributed by atoms with Gasteiger partial charge in [0.15, 0.2) is 0 Å². The van der Waals surface area contributed by atoms with Gasteiger partial charge in [-0.2, -0.15) is 0 Å². The van der Waals surface area contributed by atoms with Crippen LogP contribution in [0.4, 0.5) is 5.82 Å². The lowest BCUT2D eigenvalue weighted by Crippen LogP contribution is -2.23. The number of hydrogen-bond donors (Lipinski definition) is 1. The second-order valence-corrected chi connectivity index (χ2v) is 5.60. The van der Waals surface area contributed by atoms with Crippen molar-refractivity contribution >= 4 is 17.4 Å². The first-order valence-electron chi connectivity index (χ1n) is 6.39. The van der Waals surface area contributed by atoms with Gasteiger partial charge >= 0.3 is 0 Å². The number of halogens is 1. The zero-order valence-electron chi connectivity index (χ0n) is 10.6. The Labute approximate surface area is 108 Å². The van der Waals surface area contributed by atoms with Crippen molar-refractivity contribution in [3.8, 4) is 0 Å². The van der Waals surface area contributed by atoms with E-state index in [0.29, 0.717) is 10.6 Å². The lowest BCUT2D eigenvalue weighted by Gasteiger charge is -2.24. The zero-order chi connectivity index (χ0) is 12.3. The van der Waals surface area contributed by atoms with Crippen LogP contribution in [0.1, 0.15) is 45.4 Å². The first-order valence-corrected chi connectivity index (χ1v) is 6.76. The van der Waals surface area contributed by atoms with Crippen LogP contribution in [0.15, 0.2) is 6.07 Å². The van der Waals surface area contributed by atoms with Crippen molar-refractivity contribution in [3.63, 3.8) is 0 Å². The van der Waals surface area contributed by atoms with Crippen LogP contribution in [0.3, 0.4) is 0 Å². The van der Waals surface area contributed by atoms with Gasteiger partial charge in [0.25, 0.3) is 0 Å². The fraction of sp³-hybridized carbons (Fsp3) is 0.692. The van der Waals surface area contributed by atoms with Crippen LogP contribution in [0.2, 0.25) is 5.15 Å². The summed E-state index contributed by atoms with van der Waals surface area (Å²) in [4.78, 5) is 8.60. The Balaban J connectivity index is 2.00. The molecule has 0 amide bonds. The molecular formula is C13H20ClN3. The molecule has 1 aromatic rings. The van der Waals surface area contributed by atoms with Gasteiger partial charge in [-0.15, -0.1) is 0 Å². The molecule has 0 bridgehead atoms. The summed E-state index contributed by atoms with van der Waals surface area (Å²) in [5.41, 5.74) is 0.420. The molecule has 0 saturated heterocycles. The summed E-state index contributed by atoms with van der Waals surface area (Å²) in [7, 11) is 0. The van der Waals surface area contributed by atoms with Gasteiger partial charge in [0.05, 0.1) is 0 Å². The van der Waals surface area contributed by atoms with E-state index in [4.69, 9.17) is 11.6 Å². The van der Waals surface area contributed by atoms with E-state index < -0.39 is 0 Å². The third-order valence-corrected chi connectivity index (χ3v) is 3.76. The Kier molecular flexibility index (Phi) is 3.87. The number of nitrogens with zero attached hydrogens (tertiary/aromatic N) is 2. The van der Waals surface area contributed by atoms with Crippen molar-refractivity contribution in [2.75, 3.05) is 11.9 Å². The molecule has 0 aromatic carbocycles. The normalized spacial score (nSPS) is 18.3. The van der Waals surface area contributed by atoms with E-state index in [1.54, 1.807) is 6.07 Å². The minimum Gasteiger partial charge on any atom is -0.369 e. The first kappa shape index (κ1) is 12.6. The highest BCUT2D eigenvalue weighted by Crippen LogP contribution is 2.37. The number of nitrogens with one attached hydrogen (secondary N) is 1. The zero-order valence-corrected chi connectivity index (χ0v) is 11.3. The summed E-state index contributed by atoms with van der Waals surface area (Å²) >= 11 is 5.97. The van der Waals surface area contributed by atoms with Crippen molar-refractivity contribution in [2.45, 2.75) is 46.0 Å². The molecule has 1 aliphatic carbocycles. The van der Waals surface area contributed by atoms with Crippen LogP contribution in [0.5, 0.6) is 0 Å². The highest BCUT2D eigenvalue weighted by molar-refractivity contribution is 6.29. The molecule has 94 valence electrons. The largest absolute Gasteiger partial charge is 0.369 e. The Morgan fingerprint density at radius 1 is 1.35 bits per heavy atom. The average Bonchev–Trinajstić information content (AvgIpc) is 2.73. The van der Waals surface area contributed by atoms with E-state index >= 15 is 0 Å². The standard InChI is InChI=1S/C13H20ClN3/c1-3-11-16-10(14)8-12(17-11)15-9-13(2)6-4-5-7-13/h8H,3-7,9H2,1-2H3,(H,15,16,17). The third-order valence-electron chi connectivity index (χ3n) is 3.56. The predicted octanol–water partition coefficient (Wildman–Crippen LogP) is 3.68. The van der Waals surface area contributed by atoms with Gasteiger partial charge in [-0.1, -0.05) is 38.3 Å². The summed E-state index contributed by atoms with van der Waals surface area (Å²) in [5, 5.41) is 3.93. The second-order valence-electron chi connectivity index (χ2n) is 5.22. The second kappa shape index (κ2) is 5.21. The molecule has 3 nitrogen and oxygen atoms in total. The maximum atomic E-state index is 5.97. The van der Waals surface area contributed by atoms with Crippen LogP contribution in [-0.2, 0) is 6.42 Å². The molecule has 2 rings (SSSR count). The number of anilines is 1. The van der Waals surface area contributed by atoms with E-state index in [1.165, 1.54) is 25.7 Å². The van der Waals surface area contributed by atoms with Crippen LogP contribution in [-0.4, -0.2) is 16.5 Å². The maximum Gasteiger partial charge on any atom is 0.134 e. The van der Waals surface area contributed by atoms with Crippen LogP contribution >= 0.6 is 11.6 Å². The molecule has 0 aliphatic heterocycles. The first-order chi connectivity index (χ1) is 8.11. The van der Waals surface area contributed by atoms with Crippen molar-refractivity contribution in [3.05, 3.63) is 17.0 Å². The Bertz CT molecular complexity index is 386. The van der Waals surface area contributed by atoms with Crippen molar-refractivity contribution < 1.29 is 0 Å². The van der Waals surface area contributed by atoms with Crippen molar-refractivity contribution in [1.82, 2.24) is 9.97 Å².